The van der Waals surface area contributed by atoms with Crippen LogP contribution >= 0.6 is 23.1 Å². The first-order chi connectivity index (χ1) is 9.91. The highest BCUT2D eigenvalue weighted by Gasteiger charge is 2.23. The summed E-state index contributed by atoms with van der Waals surface area (Å²) >= 11 is 3.09. The molecular formula is C13H21N3O3S2. The molecule has 0 saturated heterocycles. The first kappa shape index (κ1) is 18.0. The maximum Gasteiger partial charge on any atom is 0.270 e. The molecule has 1 rings (SSSR count). The topological polar surface area (TPSA) is 104 Å². The van der Waals surface area contributed by atoms with Gasteiger partial charge in [-0.1, -0.05) is 13.8 Å². The Balaban J connectivity index is 2.31. The highest BCUT2D eigenvalue weighted by Crippen LogP contribution is 2.12. The maximum absolute atomic E-state index is 11.7. The molecule has 0 aliphatic rings. The van der Waals surface area contributed by atoms with Crippen molar-refractivity contribution in [2.75, 3.05) is 5.75 Å². The van der Waals surface area contributed by atoms with Gasteiger partial charge in [0.15, 0.2) is 0 Å². The zero-order valence-electron chi connectivity index (χ0n) is 12.0. The Morgan fingerprint density at radius 3 is 2.71 bits per heavy atom. The lowest BCUT2D eigenvalue weighted by molar-refractivity contribution is -0.131. The molecular weight excluding hydrogens is 310 g/mol. The molecule has 8 heteroatoms. The minimum absolute atomic E-state index is 0.430. The van der Waals surface area contributed by atoms with Crippen LogP contribution in [0.15, 0.2) is 16.8 Å². The monoisotopic (exact) mass is 331 g/mol. The lowest BCUT2D eigenvalue weighted by Gasteiger charge is -2.18. The second kappa shape index (κ2) is 9.04. The summed E-state index contributed by atoms with van der Waals surface area (Å²) in [5.74, 6) is -0.369. The Labute approximate surface area is 132 Å². The SMILES string of the molecule is CC(C)SCC[C@@H](N)C(O)C(=O)NNC(=O)c1ccsc1. The highest BCUT2D eigenvalue weighted by atomic mass is 32.2. The van der Waals surface area contributed by atoms with Gasteiger partial charge >= 0.3 is 0 Å². The van der Waals surface area contributed by atoms with E-state index in [9.17, 15) is 14.7 Å². The molecule has 1 aromatic heterocycles. The quantitative estimate of drug-likeness (QED) is 0.551. The molecule has 118 valence electrons. The summed E-state index contributed by atoms with van der Waals surface area (Å²) in [6, 6.07) is 0.978. The van der Waals surface area contributed by atoms with E-state index >= 15 is 0 Å². The molecule has 0 spiro atoms. The van der Waals surface area contributed by atoms with Crippen LogP contribution in [0.4, 0.5) is 0 Å². The molecule has 1 unspecified atom stereocenters. The van der Waals surface area contributed by atoms with Crippen LogP contribution in [0.5, 0.6) is 0 Å². The molecule has 21 heavy (non-hydrogen) atoms. The fourth-order valence-corrected chi connectivity index (χ4v) is 2.97. The van der Waals surface area contributed by atoms with Gasteiger partial charge in [-0.05, 0) is 28.9 Å². The van der Waals surface area contributed by atoms with Crippen LogP contribution in [0.3, 0.4) is 0 Å². The van der Waals surface area contributed by atoms with Gasteiger partial charge in [0, 0.05) is 11.4 Å². The van der Waals surface area contributed by atoms with E-state index < -0.39 is 24.0 Å². The van der Waals surface area contributed by atoms with Crippen molar-refractivity contribution >= 4 is 34.9 Å². The zero-order chi connectivity index (χ0) is 15.8. The van der Waals surface area contributed by atoms with Gasteiger partial charge in [0.05, 0.1) is 5.56 Å². The molecule has 1 aromatic rings. The Bertz CT molecular complexity index is 452. The van der Waals surface area contributed by atoms with Crippen LogP contribution in [0, 0.1) is 0 Å². The standard InChI is InChI=1S/C13H21N3O3S2/c1-8(2)21-6-4-10(14)11(17)13(19)16-15-12(18)9-3-5-20-7-9/h3,5,7-8,10-11,17H,4,6,14H2,1-2H3,(H,15,18)(H,16,19)/t10-,11?/m1/s1. The van der Waals surface area contributed by atoms with Crippen molar-refractivity contribution in [3.8, 4) is 0 Å². The summed E-state index contributed by atoms with van der Waals surface area (Å²) in [5.41, 5.74) is 10.6. The Hall–Kier alpha value is -1.09. The number of hydrazine groups is 1. The van der Waals surface area contributed by atoms with Crippen LogP contribution in [0.1, 0.15) is 30.6 Å². The molecule has 0 saturated carbocycles. The number of carbonyl (C=O) groups is 2. The van der Waals surface area contributed by atoms with Gasteiger partial charge in [0.2, 0.25) is 0 Å². The van der Waals surface area contributed by atoms with E-state index in [4.69, 9.17) is 5.73 Å². The zero-order valence-corrected chi connectivity index (χ0v) is 13.7. The lowest BCUT2D eigenvalue weighted by atomic mass is 10.1. The third-order valence-electron chi connectivity index (χ3n) is 2.66. The molecule has 0 fully saturated rings. The van der Waals surface area contributed by atoms with Gasteiger partial charge in [0.1, 0.15) is 6.10 Å². The molecule has 0 aromatic carbocycles. The van der Waals surface area contributed by atoms with Gasteiger partial charge in [-0.3, -0.25) is 20.4 Å². The average Bonchev–Trinajstić information content (AvgIpc) is 2.97. The number of hydrogen-bond donors (Lipinski definition) is 4. The number of hydrogen-bond acceptors (Lipinski definition) is 6. The molecule has 2 amide bonds. The van der Waals surface area contributed by atoms with Gasteiger partial charge < -0.3 is 10.8 Å². The van der Waals surface area contributed by atoms with Gasteiger partial charge in [0.25, 0.3) is 11.8 Å². The van der Waals surface area contributed by atoms with Crippen LogP contribution in [-0.4, -0.2) is 40.1 Å². The molecule has 1 heterocycles. The van der Waals surface area contributed by atoms with Crippen molar-refractivity contribution in [3.05, 3.63) is 22.4 Å². The van der Waals surface area contributed by atoms with E-state index in [-0.39, 0.29) is 0 Å². The number of nitrogens with two attached hydrogens (primary N) is 1. The first-order valence-electron chi connectivity index (χ1n) is 6.59. The van der Waals surface area contributed by atoms with Gasteiger partial charge in [-0.25, -0.2) is 0 Å². The molecule has 5 N–H and O–H groups in total. The summed E-state index contributed by atoms with van der Waals surface area (Å²) < 4.78 is 0. The Kier molecular flexibility index (Phi) is 7.73. The van der Waals surface area contributed by atoms with E-state index in [1.807, 2.05) is 0 Å². The fourth-order valence-electron chi connectivity index (χ4n) is 1.45. The highest BCUT2D eigenvalue weighted by molar-refractivity contribution is 7.99. The van der Waals surface area contributed by atoms with E-state index in [1.165, 1.54) is 11.3 Å². The maximum atomic E-state index is 11.7. The number of aliphatic hydroxyl groups is 1. The molecule has 2 atom stereocenters. The lowest BCUT2D eigenvalue weighted by Crippen LogP contribution is -2.52. The summed E-state index contributed by atoms with van der Waals surface area (Å²) in [5, 5.41) is 13.7. The molecule has 0 radical (unpaired) electrons. The minimum Gasteiger partial charge on any atom is -0.382 e. The fraction of sp³-hybridized carbons (Fsp3) is 0.538. The predicted molar refractivity (Wildman–Crippen MR) is 86.1 cm³/mol. The summed E-state index contributed by atoms with van der Waals surface area (Å²) in [4.78, 5) is 23.3. The Morgan fingerprint density at radius 2 is 2.14 bits per heavy atom. The molecule has 0 aliphatic heterocycles. The number of thiophene rings is 1. The molecule has 0 bridgehead atoms. The minimum atomic E-state index is -1.35. The van der Waals surface area contributed by atoms with Crippen molar-refractivity contribution in [1.82, 2.24) is 10.9 Å². The third kappa shape index (κ3) is 6.47. The average molecular weight is 331 g/mol. The van der Waals surface area contributed by atoms with E-state index in [0.717, 1.165) is 5.75 Å². The number of amides is 2. The van der Waals surface area contributed by atoms with Crippen molar-refractivity contribution in [2.45, 2.75) is 37.7 Å². The van der Waals surface area contributed by atoms with E-state index in [2.05, 4.69) is 24.7 Å². The van der Waals surface area contributed by atoms with Crippen LogP contribution in [0.25, 0.3) is 0 Å². The molecule has 0 aliphatic carbocycles. The Morgan fingerprint density at radius 1 is 1.43 bits per heavy atom. The summed E-state index contributed by atoms with van der Waals surface area (Å²) in [6.45, 7) is 4.14. The largest absolute Gasteiger partial charge is 0.382 e. The number of aliphatic hydroxyl groups excluding tert-OH is 1. The van der Waals surface area contributed by atoms with Crippen LogP contribution in [-0.2, 0) is 4.79 Å². The van der Waals surface area contributed by atoms with Crippen LogP contribution in [0.2, 0.25) is 0 Å². The summed E-state index contributed by atoms with van der Waals surface area (Å²) in [7, 11) is 0. The van der Waals surface area contributed by atoms with Gasteiger partial charge in [-0.2, -0.15) is 23.1 Å². The normalized spacial score (nSPS) is 13.8. The smallest absolute Gasteiger partial charge is 0.270 e. The van der Waals surface area contributed by atoms with Crippen molar-refractivity contribution in [2.24, 2.45) is 5.73 Å². The van der Waals surface area contributed by atoms with Crippen molar-refractivity contribution < 1.29 is 14.7 Å². The van der Waals surface area contributed by atoms with Crippen LogP contribution < -0.4 is 16.6 Å². The van der Waals surface area contributed by atoms with E-state index in [0.29, 0.717) is 17.2 Å². The number of thioether (sulfide) groups is 1. The second-order valence-electron chi connectivity index (χ2n) is 4.77. The second-order valence-corrected chi connectivity index (χ2v) is 7.24. The van der Waals surface area contributed by atoms with E-state index in [1.54, 1.807) is 28.6 Å². The first-order valence-corrected chi connectivity index (χ1v) is 8.58. The van der Waals surface area contributed by atoms with Gasteiger partial charge in [-0.15, -0.1) is 0 Å². The molecule has 6 nitrogen and oxygen atoms in total. The number of rotatable bonds is 7. The number of carbonyl (C=O) groups excluding carboxylic acids is 2. The predicted octanol–water partition coefficient (Wildman–Crippen LogP) is 0.729. The van der Waals surface area contributed by atoms with Crippen molar-refractivity contribution in [1.29, 1.82) is 0 Å². The van der Waals surface area contributed by atoms with Crippen molar-refractivity contribution in [3.63, 3.8) is 0 Å². The summed E-state index contributed by atoms with van der Waals surface area (Å²) in [6.07, 6.45) is -0.823. The number of nitrogens with one attached hydrogen (secondary N) is 2. The third-order valence-corrected chi connectivity index (χ3v) is 4.48.